The Bertz CT molecular complexity index is 554. The number of hydrogen-bond donors (Lipinski definition) is 1. The van der Waals surface area contributed by atoms with Crippen LogP contribution in [0.1, 0.15) is 36.2 Å². The van der Waals surface area contributed by atoms with E-state index in [1.54, 1.807) is 17.4 Å². The lowest BCUT2D eigenvalue weighted by Gasteiger charge is -2.09. The third-order valence-electron chi connectivity index (χ3n) is 2.71. The van der Waals surface area contributed by atoms with Crippen molar-refractivity contribution < 1.29 is 14.2 Å². The van der Waals surface area contributed by atoms with Crippen molar-refractivity contribution in [3.63, 3.8) is 0 Å². The fourth-order valence-electron chi connectivity index (χ4n) is 1.67. The summed E-state index contributed by atoms with van der Waals surface area (Å²) < 4.78 is 19.1. The number of aliphatic hydroxyl groups excluding tert-OH is 1. The number of halogens is 1. The first-order valence-electron chi connectivity index (χ1n) is 6.13. The maximum Gasteiger partial charge on any atom is 0.132 e. The van der Waals surface area contributed by atoms with Crippen LogP contribution in [0.3, 0.4) is 0 Å². The van der Waals surface area contributed by atoms with Gasteiger partial charge in [0.1, 0.15) is 18.2 Å². The Morgan fingerprint density at radius 2 is 2.26 bits per heavy atom. The maximum absolute atomic E-state index is 13.6. The fraction of sp³-hybridized carbons (Fsp3) is 0.357. The Hall–Kier alpha value is -1.46. The monoisotopic (exact) mass is 281 g/mol. The van der Waals surface area contributed by atoms with Gasteiger partial charge in [0.15, 0.2) is 0 Å². The molecule has 19 heavy (non-hydrogen) atoms. The van der Waals surface area contributed by atoms with Crippen LogP contribution < -0.4 is 4.74 Å². The van der Waals surface area contributed by atoms with Crippen LogP contribution in [-0.2, 0) is 13.0 Å². The van der Waals surface area contributed by atoms with Gasteiger partial charge >= 0.3 is 0 Å². The zero-order chi connectivity index (χ0) is 13.8. The zero-order valence-corrected chi connectivity index (χ0v) is 11.7. The van der Waals surface area contributed by atoms with Gasteiger partial charge in [-0.3, -0.25) is 0 Å². The van der Waals surface area contributed by atoms with Crippen LogP contribution in [0.4, 0.5) is 4.39 Å². The van der Waals surface area contributed by atoms with Crippen LogP contribution in [0.15, 0.2) is 23.6 Å². The summed E-state index contributed by atoms with van der Waals surface area (Å²) in [5, 5.41) is 12.4. The first kappa shape index (κ1) is 14.0. The lowest BCUT2D eigenvalue weighted by molar-refractivity contribution is 0.193. The van der Waals surface area contributed by atoms with Crippen molar-refractivity contribution in [2.45, 2.75) is 33.0 Å². The van der Waals surface area contributed by atoms with Gasteiger partial charge in [0.2, 0.25) is 0 Å². The largest absolute Gasteiger partial charge is 0.487 e. The molecule has 1 N–H and O–H groups in total. The second-order valence-electron chi connectivity index (χ2n) is 4.23. The smallest absolute Gasteiger partial charge is 0.132 e. The molecule has 2 rings (SSSR count). The summed E-state index contributed by atoms with van der Waals surface area (Å²) in [7, 11) is 0. The molecule has 5 heteroatoms. The van der Waals surface area contributed by atoms with Gasteiger partial charge in [0.05, 0.1) is 16.8 Å². The molecule has 0 spiro atoms. The van der Waals surface area contributed by atoms with E-state index >= 15 is 0 Å². The lowest BCUT2D eigenvalue weighted by atomic mass is 10.1. The van der Waals surface area contributed by atoms with Gasteiger partial charge in [-0.15, -0.1) is 11.3 Å². The predicted octanol–water partition coefficient (Wildman–Crippen LogP) is 3.48. The number of aromatic nitrogens is 1. The summed E-state index contributed by atoms with van der Waals surface area (Å²) in [4.78, 5) is 4.37. The Labute approximate surface area is 115 Å². The highest BCUT2D eigenvalue weighted by molar-refractivity contribution is 7.09. The Morgan fingerprint density at radius 1 is 1.47 bits per heavy atom. The number of aliphatic hydroxyl groups is 1. The third-order valence-corrected chi connectivity index (χ3v) is 3.75. The molecule has 2 aromatic rings. The highest BCUT2D eigenvalue weighted by Gasteiger charge is 2.09. The average molecular weight is 281 g/mol. The van der Waals surface area contributed by atoms with E-state index < -0.39 is 11.9 Å². The van der Waals surface area contributed by atoms with Gasteiger partial charge in [-0.05, 0) is 25.5 Å². The number of aryl methyl sites for hydroxylation is 1. The summed E-state index contributed by atoms with van der Waals surface area (Å²) in [6.07, 6.45) is 0.0854. The normalized spacial score (nSPS) is 12.4. The first-order chi connectivity index (χ1) is 9.10. The number of ether oxygens (including phenoxy) is 1. The SMILES string of the molecule is CCc1nc(COc2ccc(C(C)O)c(F)c2)cs1. The van der Waals surface area contributed by atoms with Gasteiger partial charge < -0.3 is 9.84 Å². The van der Waals surface area contributed by atoms with Crippen molar-refractivity contribution in [3.8, 4) is 5.75 Å². The molecule has 0 saturated carbocycles. The molecule has 1 aromatic heterocycles. The van der Waals surface area contributed by atoms with E-state index in [0.29, 0.717) is 12.4 Å². The van der Waals surface area contributed by atoms with Crippen LogP contribution in [0.25, 0.3) is 0 Å². The molecule has 0 aliphatic rings. The average Bonchev–Trinajstić information content (AvgIpc) is 2.84. The van der Waals surface area contributed by atoms with Crippen LogP contribution in [0.5, 0.6) is 5.75 Å². The number of benzene rings is 1. The molecule has 0 amide bonds. The summed E-state index contributed by atoms with van der Waals surface area (Å²) in [6, 6.07) is 4.47. The van der Waals surface area contributed by atoms with E-state index in [4.69, 9.17) is 4.74 Å². The van der Waals surface area contributed by atoms with E-state index in [0.717, 1.165) is 17.1 Å². The summed E-state index contributed by atoms with van der Waals surface area (Å²) in [5.41, 5.74) is 1.12. The molecular formula is C14H16FNO2S. The summed E-state index contributed by atoms with van der Waals surface area (Å²) in [5.74, 6) is -0.0204. The minimum Gasteiger partial charge on any atom is -0.487 e. The van der Waals surface area contributed by atoms with Crippen LogP contribution in [0.2, 0.25) is 0 Å². The number of thiazole rings is 1. The molecule has 102 valence electrons. The Kier molecular flexibility index (Phi) is 4.50. The van der Waals surface area contributed by atoms with Crippen LogP contribution >= 0.6 is 11.3 Å². The standard InChI is InChI=1S/C14H16FNO2S/c1-3-14-16-10(8-19-14)7-18-11-4-5-12(9(2)17)13(15)6-11/h4-6,8-9,17H,3,7H2,1-2H3. The molecule has 0 saturated heterocycles. The van der Waals surface area contributed by atoms with Crippen molar-refractivity contribution in [1.82, 2.24) is 4.98 Å². The topological polar surface area (TPSA) is 42.4 Å². The van der Waals surface area contributed by atoms with E-state index in [1.165, 1.54) is 19.1 Å². The van der Waals surface area contributed by atoms with E-state index in [1.807, 2.05) is 12.3 Å². The highest BCUT2D eigenvalue weighted by atomic mass is 32.1. The van der Waals surface area contributed by atoms with E-state index in [9.17, 15) is 9.50 Å². The zero-order valence-electron chi connectivity index (χ0n) is 10.9. The highest BCUT2D eigenvalue weighted by Crippen LogP contribution is 2.22. The van der Waals surface area contributed by atoms with Gasteiger partial charge in [-0.2, -0.15) is 0 Å². The summed E-state index contributed by atoms with van der Waals surface area (Å²) in [6.45, 7) is 3.90. The molecule has 1 atom stereocenters. The number of hydrogen-bond acceptors (Lipinski definition) is 4. The van der Waals surface area contributed by atoms with Crippen molar-refractivity contribution in [2.75, 3.05) is 0 Å². The van der Waals surface area contributed by atoms with Gasteiger partial charge in [-0.1, -0.05) is 6.92 Å². The molecule has 1 heterocycles. The third kappa shape index (κ3) is 3.52. The number of nitrogens with zero attached hydrogens (tertiary/aromatic N) is 1. The van der Waals surface area contributed by atoms with Gasteiger partial charge in [-0.25, -0.2) is 9.37 Å². The van der Waals surface area contributed by atoms with Gasteiger partial charge in [0.25, 0.3) is 0 Å². The Balaban J connectivity index is 2.01. The Morgan fingerprint density at radius 3 is 2.84 bits per heavy atom. The minimum atomic E-state index is -0.820. The molecule has 0 radical (unpaired) electrons. The van der Waals surface area contributed by atoms with Crippen molar-refractivity contribution in [2.24, 2.45) is 0 Å². The second kappa shape index (κ2) is 6.12. The first-order valence-corrected chi connectivity index (χ1v) is 7.01. The minimum absolute atomic E-state index is 0.272. The van der Waals surface area contributed by atoms with Crippen LogP contribution in [-0.4, -0.2) is 10.1 Å². The molecule has 0 bridgehead atoms. The lowest BCUT2D eigenvalue weighted by Crippen LogP contribution is -1.99. The predicted molar refractivity (Wildman–Crippen MR) is 72.9 cm³/mol. The second-order valence-corrected chi connectivity index (χ2v) is 5.18. The molecule has 0 aliphatic heterocycles. The molecule has 1 unspecified atom stereocenters. The van der Waals surface area contributed by atoms with Crippen LogP contribution in [0, 0.1) is 5.82 Å². The number of rotatable bonds is 5. The quantitative estimate of drug-likeness (QED) is 0.912. The van der Waals surface area contributed by atoms with Crippen molar-refractivity contribution in [1.29, 1.82) is 0 Å². The maximum atomic E-state index is 13.6. The fourth-order valence-corrected chi connectivity index (χ4v) is 2.40. The van der Waals surface area contributed by atoms with Gasteiger partial charge in [0, 0.05) is 17.0 Å². The van der Waals surface area contributed by atoms with E-state index in [2.05, 4.69) is 4.98 Å². The van der Waals surface area contributed by atoms with E-state index in [-0.39, 0.29) is 5.56 Å². The molecule has 0 fully saturated rings. The molecule has 1 aromatic carbocycles. The summed E-state index contributed by atoms with van der Waals surface area (Å²) >= 11 is 1.60. The molecular weight excluding hydrogens is 265 g/mol. The molecule has 0 aliphatic carbocycles. The van der Waals surface area contributed by atoms with Crippen molar-refractivity contribution in [3.05, 3.63) is 45.7 Å². The van der Waals surface area contributed by atoms with Crippen molar-refractivity contribution >= 4 is 11.3 Å². The molecule has 3 nitrogen and oxygen atoms in total.